The second-order valence-corrected chi connectivity index (χ2v) is 11.4. The largest absolute Gasteiger partial charge is 0.490 e. The highest BCUT2D eigenvalue weighted by atomic mass is 19.4. The van der Waals surface area contributed by atoms with Crippen molar-refractivity contribution in [2.75, 3.05) is 29.9 Å². The Hall–Kier alpha value is -5.61. The van der Waals surface area contributed by atoms with Crippen LogP contribution in [0.1, 0.15) is 30.4 Å². The maximum Gasteiger partial charge on any atom is 0.490 e. The van der Waals surface area contributed by atoms with Gasteiger partial charge in [0.25, 0.3) is 0 Å². The van der Waals surface area contributed by atoms with Crippen molar-refractivity contribution in [1.29, 1.82) is 0 Å². The lowest BCUT2D eigenvalue weighted by Gasteiger charge is -2.33. The zero-order chi connectivity index (χ0) is 35.6. The first-order valence-electron chi connectivity index (χ1n) is 15.3. The third kappa shape index (κ3) is 11.0. The van der Waals surface area contributed by atoms with E-state index in [1.54, 1.807) is 6.20 Å². The summed E-state index contributed by atoms with van der Waals surface area (Å²) < 4.78 is 38.3. The number of carboxylic acids is 2. The molecule has 262 valence electrons. The number of carboxylic acid groups (broad SMARTS) is 2. The summed E-state index contributed by atoms with van der Waals surface area (Å²) in [4.78, 5) is 60.0. The third-order valence-electron chi connectivity index (χ3n) is 7.63. The lowest BCUT2D eigenvalue weighted by atomic mass is 9.96. The SMILES string of the molecule is Cc1cn(CC(CC(=O)O)NC(=O)OCc2ccccc2)c(=O)nc1N1CCC(CNc2nc3ccccc3[nH]2)CC1.O=C(O)C(F)(F)F. The summed E-state index contributed by atoms with van der Waals surface area (Å²) in [5.41, 5.74) is 3.03. The molecule has 0 radical (unpaired) electrons. The van der Waals surface area contributed by atoms with Gasteiger partial charge in [-0.1, -0.05) is 42.5 Å². The molecule has 1 unspecified atom stereocenters. The summed E-state index contributed by atoms with van der Waals surface area (Å²) >= 11 is 0. The molecule has 0 bridgehead atoms. The number of ether oxygens (including phenoxy) is 1. The zero-order valence-corrected chi connectivity index (χ0v) is 26.4. The summed E-state index contributed by atoms with van der Waals surface area (Å²) in [6.45, 7) is 4.21. The maximum atomic E-state index is 13.0. The Kier molecular flexibility index (Phi) is 12.2. The number of aromatic amines is 1. The molecule has 1 aliphatic rings. The first kappa shape index (κ1) is 36.2. The van der Waals surface area contributed by atoms with Gasteiger partial charge in [0.1, 0.15) is 12.4 Å². The Balaban J connectivity index is 0.000000698. The molecule has 2 aromatic carbocycles. The summed E-state index contributed by atoms with van der Waals surface area (Å²) in [5, 5.41) is 22.5. The normalized spacial score (nSPS) is 14.0. The number of carbonyl (C=O) groups is 3. The Bertz CT molecular complexity index is 1760. The molecule has 2 aromatic heterocycles. The highest BCUT2D eigenvalue weighted by molar-refractivity contribution is 5.77. The van der Waals surface area contributed by atoms with Crippen LogP contribution in [0.5, 0.6) is 0 Å². The van der Waals surface area contributed by atoms with E-state index in [0.717, 1.165) is 60.6 Å². The van der Waals surface area contributed by atoms with Crippen LogP contribution in [-0.4, -0.2) is 79.6 Å². The molecule has 0 saturated carbocycles. The van der Waals surface area contributed by atoms with Gasteiger partial charge in [-0.15, -0.1) is 0 Å². The molecular formula is C32H36F3N7O7. The zero-order valence-electron chi connectivity index (χ0n) is 26.4. The minimum Gasteiger partial charge on any atom is -0.481 e. The summed E-state index contributed by atoms with van der Waals surface area (Å²) in [7, 11) is 0. The summed E-state index contributed by atoms with van der Waals surface area (Å²) in [5.74, 6) is -2.01. The number of benzene rings is 2. The van der Waals surface area contributed by atoms with Crippen molar-refractivity contribution >= 4 is 40.8 Å². The van der Waals surface area contributed by atoms with Crippen LogP contribution in [0.25, 0.3) is 11.0 Å². The predicted octanol–water partition coefficient (Wildman–Crippen LogP) is 4.16. The molecule has 0 aliphatic carbocycles. The predicted molar refractivity (Wildman–Crippen MR) is 172 cm³/mol. The summed E-state index contributed by atoms with van der Waals surface area (Å²) in [6.07, 6.45) is -2.66. The topological polar surface area (TPSA) is 192 Å². The number of alkyl halides is 3. The number of piperidine rings is 1. The van der Waals surface area contributed by atoms with Gasteiger partial charge >= 0.3 is 29.9 Å². The fourth-order valence-electron chi connectivity index (χ4n) is 5.21. The van der Waals surface area contributed by atoms with Crippen LogP contribution >= 0.6 is 0 Å². The minimum atomic E-state index is -5.08. The average Bonchev–Trinajstić information content (AvgIpc) is 3.48. The molecule has 0 spiro atoms. The van der Waals surface area contributed by atoms with Crippen molar-refractivity contribution in [2.24, 2.45) is 5.92 Å². The lowest BCUT2D eigenvalue weighted by molar-refractivity contribution is -0.192. The number of aryl methyl sites for hydroxylation is 1. The van der Waals surface area contributed by atoms with Gasteiger partial charge in [-0.3, -0.25) is 9.36 Å². The van der Waals surface area contributed by atoms with Crippen molar-refractivity contribution in [3.05, 3.63) is 82.4 Å². The first-order chi connectivity index (χ1) is 23.3. The number of nitrogens with one attached hydrogen (secondary N) is 3. The van der Waals surface area contributed by atoms with E-state index in [2.05, 4.69) is 30.5 Å². The van der Waals surface area contributed by atoms with Gasteiger partial charge in [-0.05, 0) is 43.4 Å². The Labute approximate surface area is 277 Å². The van der Waals surface area contributed by atoms with E-state index in [1.165, 1.54) is 4.57 Å². The fraction of sp³-hybridized carbons (Fsp3) is 0.375. The van der Waals surface area contributed by atoms with Gasteiger partial charge in [-0.25, -0.2) is 19.4 Å². The number of alkyl carbamates (subject to hydrolysis) is 1. The van der Waals surface area contributed by atoms with Gasteiger partial charge < -0.3 is 35.5 Å². The Morgan fingerprint density at radius 1 is 1.04 bits per heavy atom. The molecule has 3 heterocycles. The van der Waals surface area contributed by atoms with E-state index < -0.39 is 35.9 Å². The number of nitrogens with zero attached hydrogens (tertiary/aromatic N) is 4. The number of aliphatic carboxylic acids is 2. The monoisotopic (exact) mass is 687 g/mol. The fourth-order valence-corrected chi connectivity index (χ4v) is 5.21. The van der Waals surface area contributed by atoms with Gasteiger partial charge in [0.15, 0.2) is 0 Å². The maximum absolute atomic E-state index is 13.0. The summed E-state index contributed by atoms with van der Waals surface area (Å²) in [6, 6.07) is 16.2. The van der Waals surface area contributed by atoms with E-state index >= 15 is 0 Å². The number of H-pyrrole nitrogens is 1. The van der Waals surface area contributed by atoms with Crippen LogP contribution < -0.4 is 21.2 Å². The Morgan fingerprint density at radius 3 is 2.33 bits per heavy atom. The molecular weight excluding hydrogens is 651 g/mol. The van der Waals surface area contributed by atoms with E-state index in [-0.39, 0.29) is 19.6 Å². The number of rotatable bonds is 11. The van der Waals surface area contributed by atoms with Crippen LogP contribution in [0.4, 0.5) is 29.7 Å². The van der Waals surface area contributed by atoms with Gasteiger partial charge in [0, 0.05) is 37.9 Å². The molecule has 1 atom stereocenters. The molecule has 17 heteroatoms. The molecule has 1 amide bonds. The van der Waals surface area contributed by atoms with E-state index in [4.69, 9.17) is 14.6 Å². The standard InChI is InChI=1S/C30H35N7O5.C2HF3O2/c1-20-17-37(18-23(15-26(38)39)32-30(41)42-19-22-7-3-2-4-8-22)29(40)35-27(20)36-13-11-21(12-14-36)16-31-28-33-24-9-5-6-10-25(24)34-28;3-2(4,5)1(6)7/h2-10,17,21,23H,11-16,18-19H2,1H3,(H,32,41)(H,38,39)(H2,31,33,34);(H,6,7). The number of amides is 1. The third-order valence-corrected chi connectivity index (χ3v) is 7.63. The van der Waals surface area contributed by atoms with Crippen LogP contribution in [0.3, 0.4) is 0 Å². The highest BCUT2D eigenvalue weighted by Gasteiger charge is 2.38. The van der Waals surface area contributed by atoms with Crippen LogP contribution in [-0.2, 0) is 27.5 Å². The molecule has 1 fully saturated rings. The molecule has 4 aromatic rings. The number of carbonyl (C=O) groups excluding carboxylic acids is 1. The number of hydrogen-bond acceptors (Lipinski definition) is 9. The van der Waals surface area contributed by atoms with Crippen molar-refractivity contribution in [2.45, 2.75) is 51.6 Å². The highest BCUT2D eigenvalue weighted by Crippen LogP contribution is 2.24. The van der Waals surface area contributed by atoms with E-state index in [1.807, 2.05) is 61.5 Å². The molecule has 1 aliphatic heterocycles. The van der Waals surface area contributed by atoms with Gasteiger partial charge in [-0.2, -0.15) is 18.2 Å². The number of para-hydroxylation sites is 2. The van der Waals surface area contributed by atoms with Gasteiger partial charge in [0.2, 0.25) is 5.95 Å². The average molecular weight is 688 g/mol. The molecule has 5 N–H and O–H groups in total. The van der Waals surface area contributed by atoms with Gasteiger partial charge in [0.05, 0.1) is 23.5 Å². The molecule has 5 rings (SSSR count). The number of imidazole rings is 1. The number of fused-ring (bicyclic) bond motifs is 1. The second-order valence-electron chi connectivity index (χ2n) is 11.4. The molecule has 49 heavy (non-hydrogen) atoms. The Morgan fingerprint density at radius 2 is 1.69 bits per heavy atom. The van der Waals surface area contributed by atoms with Crippen molar-refractivity contribution < 1.29 is 42.5 Å². The lowest BCUT2D eigenvalue weighted by Crippen LogP contribution is -2.43. The second kappa shape index (κ2) is 16.5. The van der Waals surface area contributed by atoms with Crippen LogP contribution in [0.2, 0.25) is 0 Å². The van der Waals surface area contributed by atoms with Crippen LogP contribution in [0, 0.1) is 12.8 Å². The quantitative estimate of drug-likeness (QED) is 0.152. The van der Waals surface area contributed by atoms with Crippen molar-refractivity contribution in [3.8, 4) is 0 Å². The number of aromatic nitrogens is 4. The first-order valence-corrected chi connectivity index (χ1v) is 15.3. The number of halogens is 3. The van der Waals surface area contributed by atoms with E-state index in [9.17, 15) is 32.7 Å². The van der Waals surface area contributed by atoms with Crippen molar-refractivity contribution in [3.63, 3.8) is 0 Å². The minimum absolute atomic E-state index is 0.0464. The van der Waals surface area contributed by atoms with Crippen LogP contribution in [0.15, 0.2) is 65.6 Å². The number of hydrogen-bond donors (Lipinski definition) is 5. The van der Waals surface area contributed by atoms with E-state index in [0.29, 0.717) is 11.7 Å². The molecule has 14 nitrogen and oxygen atoms in total. The van der Waals surface area contributed by atoms with Crippen molar-refractivity contribution in [1.82, 2.24) is 24.8 Å². The number of anilines is 2. The molecule has 1 saturated heterocycles. The smallest absolute Gasteiger partial charge is 0.481 e.